The van der Waals surface area contributed by atoms with E-state index < -0.39 is 0 Å². The quantitative estimate of drug-likeness (QED) is 0.930. The first-order chi connectivity index (χ1) is 10.8. The maximum atomic E-state index is 12.9. The highest BCUT2D eigenvalue weighted by Crippen LogP contribution is 2.38. The minimum atomic E-state index is 0.150. The fourth-order valence-corrected chi connectivity index (χ4v) is 3.74. The number of nitrogens with one attached hydrogen (secondary N) is 1. The van der Waals surface area contributed by atoms with Gasteiger partial charge in [-0.25, -0.2) is 0 Å². The standard InChI is InChI=1S/C18H25N3O/c22-18(15-4-3-9-19-12-15)21-11-10-20(13-14-7-8-14)16-5-1-2-6-17(16)21/h1-2,5-6,14-15,19H,3-4,7-13H2. The number of hydrogen-bond donors (Lipinski definition) is 1. The Morgan fingerprint density at radius 1 is 1.14 bits per heavy atom. The Balaban J connectivity index is 1.56. The van der Waals surface area contributed by atoms with Crippen LogP contribution in [-0.2, 0) is 4.79 Å². The maximum Gasteiger partial charge on any atom is 0.231 e. The second-order valence-corrected chi connectivity index (χ2v) is 6.91. The summed E-state index contributed by atoms with van der Waals surface area (Å²) in [6, 6.07) is 8.44. The van der Waals surface area contributed by atoms with Gasteiger partial charge in [0.05, 0.1) is 17.3 Å². The third-order valence-electron chi connectivity index (χ3n) is 5.19. The van der Waals surface area contributed by atoms with E-state index >= 15 is 0 Å². The number of hydrogen-bond acceptors (Lipinski definition) is 3. The van der Waals surface area contributed by atoms with Gasteiger partial charge in [0.25, 0.3) is 0 Å². The lowest BCUT2D eigenvalue weighted by molar-refractivity contribution is -0.122. The number of rotatable bonds is 3. The molecule has 0 aromatic heterocycles. The summed E-state index contributed by atoms with van der Waals surface area (Å²) in [6.45, 7) is 4.85. The Kier molecular flexibility index (Phi) is 3.78. The fraction of sp³-hybridized carbons (Fsp3) is 0.611. The van der Waals surface area contributed by atoms with Gasteiger partial charge in [0.15, 0.2) is 0 Å². The van der Waals surface area contributed by atoms with Gasteiger partial charge in [-0.05, 0) is 50.3 Å². The molecule has 1 aromatic rings. The van der Waals surface area contributed by atoms with Crippen molar-refractivity contribution in [3.63, 3.8) is 0 Å². The Bertz CT molecular complexity index is 549. The summed E-state index contributed by atoms with van der Waals surface area (Å²) in [6.07, 6.45) is 4.88. The van der Waals surface area contributed by atoms with Crippen LogP contribution >= 0.6 is 0 Å². The van der Waals surface area contributed by atoms with Crippen molar-refractivity contribution in [1.29, 1.82) is 0 Å². The smallest absolute Gasteiger partial charge is 0.231 e. The van der Waals surface area contributed by atoms with Crippen molar-refractivity contribution in [2.75, 3.05) is 42.5 Å². The monoisotopic (exact) mass is 299 g/mol. The number of nitrogens with zero attached hydrogens (tertiary/aromatic N) is 2. The van der Waals surface area contributed by atoms with E-state index in [1.165, 1.54) is 18.5 Å². The molecule has 4 nitrogen and oxygen atoms in total. The van der Waals surface area contributed by atoms with E-state index in [1.54, 1.807) is 0 Å². The zero-order valence-electron chi connectivity index (χ0n) is 13.1. The molecular formula is C18H25N3O. The van der Waals surface area contributed by atoms with Gasteiger partial charge < -0.3 is 15.1 Å². The molecular weight excluding hydrogens is 274 g/mol. The molecule has 1 atom stereocenters. The summed E-state index contributed by atoms with van der Waals surface area (Å²) < 4.78 is 0. The number of fused-ring (bicyclic) bond motifs is 1. The molecule has 4 heteroatoms. The van der Waals surface area contributed by atoms with Crippen molar-refractivity contribution in [2.45, 2.75) is 25.7 Å². The Labute approximate surface area is 132 Å². The number of anilines is 2. The van der Waals surface area contributed by atoms with Crippen LogP contribution in [0.1, 0.15) is 25.7 Å². The number of carbonyl (C=O) groups excluding carboxylic acids is 1. The first-order valence-corrected chi connectivity index (χ1v) is 8.69. The second kappa shape index (κ2) is 5.92. The fourth-order valence-electron chi connectivity index (χ4n) is 3.74. The summed E-state index contributed by atoms with van der Waals surface area (Å²) in [4.78, 5) is 17.4. The number of piperidine rings is 1. The van der Waals surface area contributed by atoms with Gasteiger partial charge in [0, 0.05) is 26.2 Å². The SMILES string of the molecule is O=C(C1CCCNC1)N1CCN(CC2CC2)c2ccccc21. The van der Waals surface area contributed by atoms with Crippen molar-refractivity contribution in [3.05, 3.63) is 24.3 Å². The average molecular weight is 299 g/mol. The van der Waals surface area contributed by atoms with Crippen LogP contribution in [0.15, 0.2) is 24.3 Å². The molecule has 1 amide bonds. The number of amides is 1. The lowest BCUT2D eigenvalue weighted by Gasteiger charge is -2.39. The van der Waals surface area contributed by atoms with E-state index in [2.05, 4.69) is 34.5 Å². The Hall–Kier alpha value is -1.55. The Morgan fingerprint density at radius 3 is 2.68 bits per heavy atom. The van der Waals surface area contributed by atoms with Crippen LogP contribution < -0.4 is 15.1 Å². The van der Waals surface area contributed by atoms with E-state index in [0.717, 1.165) is 57.2 Å². The molecule has 0 bridgehead atoms. The third-order valence-corrected chi connectivity index (χ3v) is 5.19. The summed E-state index contributed by atoms with van der Waals surface area (Å²) in [7, 11) is 0. The largest absolute Gasteiger partial charge is 0.368 e. The molecule has 1 saturated carbocycles. The zero-order valence-corrected chi connectivity index (χ0v) is 13.1. The van der Waals surface area contributed by atoms with E-state index in [9.17, 15) is 4.79 Å². The van der Waals surface area contributed by atoms with Crippen molar-refractivity contribution < 1.29 is 4.79 Å². The van der Waals surface area contributed by atoms with Gasteiger partial charge >= 0.3 is 0 Å². The summed E-state index contributed by atoms with van der Waals surface area (Å²) in [5, 5.41) is 3.36. The topological polar surface area (TPSA) is 35.6 Å². The van der Waals surface area contributed by atoms with Gasteiger partial charge in [0.1, 0.15) is 0 Å². The molecule has 1 saturated heterocycles. The molecule has 22 heavy (non-hydrogen) atoms. The summed E-state index contributed by atoms with van der Waals surface area (Å²) >= 11 is 0. The lowest BCUT2D eigenvalue weighted by Crippen LogP contribution is -2.49. The molecule has 2 heterocycles. The van der Waals surface area contributed by atoms with E-state index in [0.29, 0.717) is 5.91 Å². The van der Waals surface area contributed by atoms with Gasteiger partial charge in [-0.2, -0.15) is 0 Å². The van der Waals surface area contributed by atoms with Crippen LogP contribution in [0, 0.1) is 11.8 Å². The highest BCUT2D eigenvalue weighted by Gasteiger charge is 2.33. The van der Waals surface area contributed by atoms with Gasteiger partial charge in [-0.1, -0.05) is 12.1 Å². The van der Waals surface area contributed by atoms with Crippen LogP contribution in [-0.4, -0.2) is 38.6 Å². The molecule has 1 unspecified atom stereocenters. The van der Waals surface area contributed by atoms with Gasteiger partial charge in [-0.15, -0.1) is 0 Å². The summed E-state index contributed by atoms with van der Waals surface area (Å²) in [5.41, 5.74) is 2.36. The number of benzene rings is 1. The van der Waals surface area contributed by atoms with Crippen molar-refractivity contribution in [2.24, 2.45) is 11.8 Å². The minimum Gasteiger partial charge on any atom is -0.368 e. The van der Waals surface area contributed by atoms with Gasteiger partial charge in [0.2, 0.25) is 5.91 Å². The molecule has 3 aliphatic rings. The Morgan fingerprint density at radius 2 is 1.95 bits per heavy atom. The molecule has 2 fully saturated rings. The molecule has 118 valence electrons. The van der Waals surface area contributed by atoms with Crippen LogP contribution in [0.3, 0.4) is 0 Å². The highest BCUT2D eigenvalue weighted by atomic mass is 16.2. The predicted octanol–water partition coefficient (Wildman–Crippen LogP) is 2.25. The molecule has 2 aliphatic heterocycles. The average Bonchev–Trinajstić information content (AvgIpc) is 3.39. The van der Waals surface area contributed by atoms with E-state index in [-0.39, 0.29) is 5.92 Å². The van der Waals surface area contributed by atoms with Crippen molar-refractivity contribution >= 4 is 17.3 Å². The molecule has 1 N–H and O–H groups in total. The van der Waals surface area contributed by atoms with E-state index in [4.69, 9.17) is 0 Å². The van der Waals surface area contributed by atoms with Crippen LogP contribution in [0.2, 0.25) is 0 Å². The van der Waals surface area contributed by atoms with Crippen molar-refractivity contribution in [1.82, 2.24) is 5.32 Å². The molecule has 1 aromatic carbocycles. The molecule has 0 spiro atoms. The lowest BCUT2D eigenvalue weighted by atomic mass is 9.97. The van der Waals surface area contributed by atoms with Crippen molar-refractivity contribution in [3.8, 4) is 0 Å². The predicted molar refractivity (Wildman–Crippen MR) is 89.3 cm³/mol. The third kappa shape index (κ3) is 2.72. The van der Waals surface area contributed by atoms with Crippen LogP contribution in [0.5, 0.6) is 0 Å². The summed E-state index contributed by atoms with van der Waals surface area (Å²) in [5.74, 6) is 1.33. The molecule has 4 rings (SSSR count). The van der Waals surface area contributed by atoms with Gasteiger partial charge in [-0.3, -0.25) is 4.79 Å². The normalized spacial score (nSPS) is 25.0. The molecule has 0 radical (unpaired) electrons. The first kappa shape index (κ1) is 14.1. The minimum absolute atomic E-state index is 0.150. The van der Waals surface area contributed by atoms with Crippen LogP contribution in [0.4, 0.5) is 11.4 Å². The number of para-hydroxylation sites is 2. The van der Waals surface area contributed by atoms with E-state index in [1.807, 2.05) is 4.90 Å². The first-order valence-electron chi connectivity index (χ1n) is 8.69. The number of carbonyl (C=O) groups is 1. The molecule has 1 aliphatic carbocycles. The second-order valence-electron chi connectivity index (χ2n) is 6.91. The highest BCUT2D eigenvalue weighted by molar-refractivity contribution is 5.99. The van der Waals surface area contributed by atoms with Crippen LogP contribution in [0.25, 0.3) is 0 Å². The zero-order chi connectivity index (χ0) is 14.9. The maximum absolute atomic E-state index is 12.9.